The molecule has 0 N–H and O–H groups in total. The van der Waals surface area contributed by atoms with Gasteiger partial charge in [-0.2, -0.15) is 0 Å². The van der Waals surface area contributed by atoms with Gasteiger partial charge < -0.3 is 4.74 Å². The fraction of sp³-hybridized carbons (Fsp3) is 0.136. The normalized spacial score (nSPS) is 11.1. The molecule has 0 aliphatic heterocycles. The fourth-order valence-electron chi connectivity index (χ4n) is 2.51. The second-order valence-corrected chi connectivity index (χ2v) is 6.95. The van der Waals surface area contributed by atoms with Gasteiger partial charge in [-0.1, -0.05) is 47.5 Å². The molecule has 4 heteroatoms. The van der Waals surface area contributed by atoms with Gasteiger partial charge in [0.2, 0.25) is 0 Å². The molecule has 0 bridgehead atoms. The average Bonchev–Trinajstić information content (AvgIpc) is 2.63. The number of halogens is 2. The quantitative estimate of drug-likeness (QED) is 0.437. The second-order valence-electron chi connectivity index (χ2n) is 6.07. The molecule has 3 aromatic carbocycles. The maximum atomic E-state index is 6.16. The molecular weight excluding hydrogens is 365 g/mol. The number of ether oxygens (including phenoxy) is 1. The lowest BCUT2D eigenvalue weighted by molar-refractivity contribution is 0.306. The molecule has 132 valence electrons. The minimum Gasteiger partial charge on any atom is -0.488 e. The Kier molecular flexibility index (Phi) is 5.97. The van der Waals surface area contributed by atoms with E-state index in [9.17, 15) is 0 Å². The van der Waals surface area contributed by atoms with Gasteiger partial charge >= 0.3 is 0 Å². The zero-order valence-electron chi connectivity index (χ0n) is 14.7. The van der Waals surface area contributed by atoms with Gasteiger partial charge in [0.05, 0.1) is 5.69 Å². The lowest BCUT2D eigenvalue weighted by Gasteiger charge is -2.10. The molecule has 0 amide bonds. The van der Waals surface area contributed by atoms with E-state index < -0.39 is 0 Å². The molecule has 0 spiro atoms. The molecule has 0 saturated heterocycles. The summed E-state index contributed by atoms with van der Waals surface area (Å²) in [6.45, 7) is 4.59. The van der Waals surface area contributed by atoms with Crippen LogP contribution in [0.3, 0.4) is 0 Å². The van der Waals surface area contributed by atoms with E-state index in [1.807, 2.05) is 54.6 Å². The average molecular weight is 384 g/mol. The number of hydrogen-bond acceptors (Lipinski definition) is 2. The highest BCUT2D eigenvalue weighted by Crippen LogP contribution is 2.25. The summed E-state index contributed by atoms with van der Waals surface area (Å²) in [6.07, 6.45) is 1.80. The van der Waals surface area contributed by atoms with Gasteiger partial charge in [-0.3, -0.25) is 4.99 Å². The SMILES string of the molecule is Cc1cccc(N=Cc2cc(Cl)ccc2OCc2ccc(Cl)cc2)c1C. The van der Waals surface area contributed by atoms with E-state index in [0.29, 0.717) is 16.7 Å². The molecule has 0 radical (unpaired) electrons. The van der Waals surface area contributed by atoms with Crippen molar-refractivity contribution in [2.45, 2.75) is 20.5 Å². The molecule has 0 aliphatic carbocycles. The van der Waals surface area contributed by atoms with Crippen LogP contribution in [0.5, 0.6) is 5.75 Å². The molecule has 0 heterocycles. The van der Waals surface area contributed by atoms with E-state index in [-0.39, 0.29) is 0 Å². The molecule has 0 aliphatic rings. The molecule has 0 fully saturated rings. The van der Waals surface area contributed by atoms with Crippen molar-refractivity contribution in [3.63, 3.8) is 0 Å². The second kappa shape index (κ2) is 8.39. The summed E-state index contributed by atoms with van der Waals surface area (Å²) in [7, 11) is 0. The Hall–Kier alpha value is -2.29. The summed E-state index contributed by atoms with van der Waals surface area (Å²) in [4.78, 5) is 4.62. The van der Waals surface area contributed by atoms with Crippen LogP contribution in [-0.4, -0.2) is 6.21 Å². The van der Waals surface area contributed by atoms with E-state index >= 15 is 0 Å². The first-order valence-corrected chi connectivity index (χ1v) is 9.05. The van der Waals surface area contributed by atoms with Gasteiger partial charge in [0.15, 0.2) is 0 Å². The van der Waals surface area contributed by atoms with Crippen molar-refractivity contribution in [1.29, 1.82) is 0 Å². The summed E-state index contributed by atoms with van der Waals surface area (Å²) in [5.41, 5.74) is 5.20. The summed E-state index contributed by atoms with van der Waals surface area (Å²) in [5.74, 6) is 0.735. The Morgan fingerprint density at radius 2 is 1.65 bits per heavy atom. The molecular formula is C22H19Cl2NO. The zero-order valence-corrected chi connectivity index (χ0v) is 16.2. The van der Waals surface area contributed by atoms with Gasteiger partial charge in [0.25, 0.3) is 0 Å². The number of rotatable bonds is 5. The molecule has 3 aromatic rings. The lowest BCUT2D eigenvalue weighted by Crippen LogP contribution is -1.98. The number of aliphatic imine (C=N–C) groups is 1. The molecule has 0 atom stereocenters. The lowest BCUT2D eigenvalue weighted by atomic mass is 10.1. The highest BCUT2D eigenvalue weighted by Gasteiger charge is 2.05. The van der Waals surface area contributed by atoms with E-state index in [1.54, 1.807) is 6.21 Å². The van der Waals surface area contributed by atoms with Crippen LogP contribution in [-0.2, 0) is 6.61 Å². The molecule has 3 rings (SSSR count). The van der Waals surface area contributed by atoms with Crippen molar-refractivity contribution in [2.75, 3.05) is 0 Å². The Morgan fingerprint density at radius 3 is 2.42 bits per heavy atom. The smallest absolute Gasteiger partial charge is 0.128 e. The summed E-state index contributed by atoms with van der Waals surface area (Å²) in [5, 5.41) is 1.35. The van der Waals surface area contributed by atoms with Crippen molar-refractivity contribution in [2.24, 2.45) is 4.99 Å². The summed E-state index contributed by atoms with van der Waals surface area (Å²) >= 11 is 12.1. The van der Waals surface area contributed by atoms with Crippen LogP contribution in [0.4, 0.5) is 5.69 Å². The van der Waals surface area contributed by atoms with Crippen LogP contribution in [0.2, 0.25) is 10.0 Å². The molecule has 2 nitrogen and oxygen atoms in total. The highest BCUT2D eigenvalue weighted by molar-refractivity contribution is 6.31. The van der Waals surface area contributed by atoms with Crippen LogP contribution < -0.4 is 4.74 Å². The number of hydrogen-bond donors (Lipinski definition) is 0. The molecule has 0 aromatic heterocycles. The van der Waals surface area contributed by atoms with Crippen LogP contribution in [0.25, 0.3) is 0 Å². The van der Waals surface area contributed by atoms with Gasteiger partial charge in [-0.25, -0.2) is 0 Å². The first kappa shape index (κ1) is 18.5. The van der Waals surface area contributed by atoms with E-state index in [0.717, 1.165) is 28.1 Å². The Bertz CT molecular complexity index is 933. The topological polar surface area (TPSA) is 21.6 Å². The van der Waals surface area contributed by atoms with Crippen LogP contribution in [0.1, 0.15) is 22.3 Å². The third kappa shape index (κ3) is 4.66. The monoisotopic (exact) mass is 383 g/mol. The molecule has 0 saturated carbocycles. The first-order valence-electron chi connectivity index (χ1n) is 8.30. The van der Waals surface area contributed by atoms with Crippen molar-refractivity contribution >= 4 is 35.1 Å². The number of benzene rings is 3. The van der Waals surface area contributed by atoms with Crippen LogP contribution in [0, 0.1) is 13.8 Å². The van der Waals surface area contributed by atoms with Crippen LogP contribution in [0.15, 0.2) is 65.7 Å². The van der Waals surface area contributed by atoms with Crippen molar-refractivity contribution in [1.82, 2.24) is 0 Å². The van der Waals surface area contributed by atoms with Gasteiger partial charge in [0, 0.05) is 21.8 Å². The highest BCUT2D eigenvalue weighted by atomic mass is 35.5. The van der Waals surface area contributed by atoms with Gasteiger partial charge in [0.1, 0.15) is 12.4 Å². The molecule has 26 heavy (non-hydrogen) atoms. The third-order valence-electron chi connectivity index (χ3n) is 4.20. The number of aryl methyl sites for hydroxylation is 1. The molecule has 0 unspecified atom stereocenters. The van der Waals surface area contributed by atoms with Gasteiger partial charge in [-0.05, 0) is 66.9 Å². The van der Waals surface area contributed by atoms with Gasteiger partial charge in [-0.15, -0.1) is 0 Å². The van der Waals surface area contributed by atoms with Crippen molar-refractivity contribution < 1.29 is 4.74 Å². The van der Waals surface area contributed by atoms with E-state index in [1.165, 1.54) is 5.56 Å². The fourth-order valence-corrected chi connectivity index (χ4v) is 2.81. The maximum Gasteiger partial charge on any atom is 0.128 e. The third-order valence-corrected chi connectivity index (χ3v) is 4.69. The minimum absolute atomic E-state index is 0.448. The number of nitrogens with zero attached hydrogens (tertiary/aromatic N) is 1. The summed E-state index contributed by atoms with van der Waals surface area (Å²) in [6, 6.07) is 19.2. The van der Waals surface area contributed by atoms with Crippen molar-refractivity contribution in [3.05, 3.63) is 93.0 Å². The first-order chi connectivity index (χ1) is 12.5. The zero-order chi connectivity index (χ0) is 18.5. The largest absolute Gasteiger partial charge is 0.488 e. The Balaban J connectivity index is 1.82. The minimum atomic E-state index is 0.448. The van der Waals surface area contributed by atoms with Crippen molar-refractivity contribution in [3.8, 4) is 5.75 Å². The Morgan fingerprint density at radius 1 is 0.923 bits per heavy atom. The predicted octanol–water partition coefficient (Wildman–Crippen LogP) is 6.94. The van der Waals surface area contributed by atoms with E-state index in [4.69, 9.17) is 27.9 Å². The summed E-state index contributed by atoms with van der Waals surface area (Å²) < 4.78 is 5.97. The Labute approximate surface area is 164 Å². The maximum absolute atomic E-state index is 6.16. The van der Waals surface area contributed by atoms with Crippen LogP contribution >= 0.6 is 23.2 Å². The standard InChI is InChI=1S/C22H19Cl2NO/c1-15-4-3-5-21(16(15)2)25-13-18-12-20(24)10-11-22(18)26-14-17-6-8-19(23)9-7-17/h3-13H,14H2,1-2H3. The van der Waals surface area contributed by atoms with E-state index in [2.05, 4.69) is 24.9 Å². The predicted molar refractivity (Wildman–Crippen MR) is 110 cm³/mol.